The molecule has 0 aliphatic heterocycles. The Morgan fingerprint density at radius 2 is 1.91 bits per heavy atom. The molecule has 0 spiro atoms. The number of amides is 1. The molecule has 2 aromatic rings. The number of benzene rings is 2. The SMILES string of the molecule is O=C(CNc1ccc(F)cc1)N/N=C\c1ccccc1[N+](=O)[O-]. The van der Waals surface area contributed by atoms with E-state index < -0.39 is 10.8 Å². The molecule has 0 aliphatic carbocycles. The fraction of sp³-hybridized carbons (Fsp3) is 0.0667. The van der Waals surface area contributed by atoms with Gasteiger partial charge in [-0.1, -0.05) is 12.1 Å². The van der Waals surface area contributed by atoms with E-state index in [4.69, 9.17) is 0 Å². The zero-order chi connectivity index (χ0) is 16.7. The van der Waals surface area contributed by atoms with Gasteiger partial charge in [-0.25, -0.2) is 9.82 Å². The summed E-state index contributed by atoms with van der Waals surface area (Å²) in [5.41, 5.74) is 3.02. The van der Waals surface area contributed by atoms with E-state index in [0.29, 0.717) is 5.69 Å². The lowest BCUT2D eigenvalue weighted by molar-refractivity contribution is -0.385. The van der Waals surface area contributed by atoms with Crippen LogP contribution in [0.15, 0.2) is 53.6 Å². The molecule has 1 amide bonds. The topological polar surface area (TPSA) is 96.6 Å². The van der Waals surface area contributed by atoms with Crippen LogP contribution in [0.4, 0.5) is 15.8 Å². The lowest BCUT2D eigenvalue weighted by Crippen LogP contribution is -2.25. The molecule has 0 aliphatic rings. The maximum absolute atomic E-state index is 12.7. The van der Waals surface area contributed by atoms with E-state index in [9.17, 15) is 19.3 Å². The normalized spacial score (nSPS) is 10.5. The summed E-state index contributed by atoms with van der Waals surface area (Å²) in [6.45, 7) is -0.0696. The van der Waals surface area contributed by atoms with E-state index in [0.717, 1.165) is 0 Å². The van der Waals surface area contributed by atoms with Gasteiger partial charge in [0.2, 0.25) is 0 Å². The third kappa shape index (κ3) is 4.88. The van der Waals surface area contributed by atoms with E-state index in [2.05, 4.69) is 15.8 Å². The molecule has 118 valence electrons. The summed E-state index contributed by atoms with van der Waals surface area (Å²) < 4.78 is 12.7. The number of hydrogen-bond acceptors (Lipinski definition) is 5. The summed E-state index contributed by atoms with van der Waals surface area (Å²) in [4.78, 5) is 21.9. The van der Waals surface area contributed by atoms with Gasteiger partial charge in [-0.05, 0) is 30.3 Å². The van der Waals surface area contributed by atoms with Crippen molar-refractivity contribution >= 4 is 23.5 Å². The summed E-state index contributed by atoms with van der Waals surface area (Å²) in [5, 5.41) is 17.3. The number of hydrazone groups is 1. The van der Waals surface area contributed by atoms with Gasteiger partial charge in [0, 0.05) is 11.8 Å². The van der Waals surface area contributed by atoms with E-state index in [-0.39, 0.29) is 23.6 Å². The van der Waals surface area contributed by atoms with Gasteiger partial charge in [-0.15, -0.1) is 0 Å². The van der Waals surface area contributed by atoms with Crippen molar-refractivity contribution in [1.29, 1.82) is 0 Å². The highest BCUT2D eigenvalue weighted by molar-refractivity contribution is 5.87. The summed E-state index contributed by atoms with van der Waals surface area (Å²) in [6.07, 6.45) is 1.20. The summed E-state index contributed by atoms with van der Waals surface area (Å²) in [5.74, 6) is -0.807. The van der Waals surface area contributed by atoms with Gasteiger partial charge in [0.25, 0.3) is 11.6 Å². The first-order valence-electron chi connectivity index (χ1n) is 6.61. The Bertz CT molecular complexity index is 732. The van der Waals surface area contributed by atoms with Crippen LogP contribution in [0.1, 0.15) is 5.56 Å². The molecule has 0 unspecified atom stereocenters. The van der Waals surface area contributed by atoms with E-state index in [1.807, 2.05) is 0 Å². The lowest BCUT2D eigenvalue weighted by atomic mass is 10.2. The molecular formula is C15H13FN4O3. The lowest BCUT2D eigenvalue weighted by Gasteiger charge is -2.04. The monoisotopic (exact) mass is 316 g/mol. The van der Waals surface area contributed by atoms with Crippen molar-refractivity contribution in [3.8, 4) is 0 Å². The number of carbonyl (C=O) groups excluding carboxylic acids is 1. The van der Waals surface area contributed by atoms with Crippen LogP contribution in [-0.4, -0.2) is 23.6 Å². The van der Waals surface area contributed by atoms with Gasteiger partial charge >= 0.3 is 0 Å². The molecule has 0 bridgehead atoms. The van der Waals surface area contributed by atoms with Gasteiger partial charge in [-0.2, -0.15) is 5.10 Å². The van der Waals surface area contributed by atoms with Crippen molar-refractivity contribution in [3.63, 3.8) is 0 Å². The fourth-order valence-corrected chi connectivity index (χ4v) is 1.73. The van der Waals surface area contributed by atoms with E-state index in [1.54, 1.807) is 12.1 Å². The highest BCUT2D eigenvalue weighted by Crippen LogP contribution is 2.15. The predicted octanol–water partition coefficient (Wildman–Crippen LogP) is 2.30. The number of nitrogens with one attached hydrogen (secondary N) is 2. The minimum atomic E-state index is -0.529. The predicted molar refractivity (Wildman–Crippen MR) is 83.7 cm³/mol. The minimum Gasteiger partial charge on any atom is -0.376 e. The summed E-state index contributed by atoms with van der Waals surface area (Å²) in [7, 11) is 0. The van der Waals surface area contributed by atoms with Crippen LogP contribution in [-0.2, 0) is 4.79 Å². The van der Waals surface area contributed by atoms with Crippen molar-refractivity contribution in [1.82, 2.24) is 5.43 Å². The van der Waals surface area contributed by atoms with Gasteiger partial charge in [0.05, 0.1) is 23.2 Å². The van der Waals surface area contributed by atoms with Gasteiger partial charge in [0.1, 0.15) is 5.82 Å². The smallest absolute Gasteiger partial charge is 0.278 e. The molecule has 0 radical (unpaired) electrons. The molecular weight excluding hydrogens is 303 g/mol. The largest absolute Gasteiger partial charge is 0.376 e. The number of anilines is 1. The highest BCUT2D eigenvalue weighted by Gasteiger charge is 2.10. The molecule has 0 saturated heterocycles. The average Bonchev–Trinajstić information content (AvgIpc) is 2.54. The quantitative estimate of drug-likeness (QED) is 0.485. The zero-order valence-electron chi connectivity index (χ0n) is 11.9. The fourth-order valence-electron chi connectivity index (χ4n) is 1.73. The van der Waals surface area contributed by atoms with Crippen molar-refractivity contribution < 1.29 is 14.1 Å². The Hall–Kier alpha value is -3.29. The second-order valence-electron chi connectivity index (χ2n) is 4.47. The number of nitrogens with zero attached hydrogens (tertiary/aromatic N) is 2. The molecule has 8 heteroatoms. The third-order valence-corrected chi connectivity index (χ3v) is 2.82. The number of para-hydroxylation sites is 1. The molecule has 2 rings (SSSR count). The average molecular weight is 316 g/mol. The van der Waals surface area contributed by atoms with Crippen LogP contribution in [0.25, 0.3) is 0 Å². The Balaban J connectivity index is 1.87. The molecule has 7 nitrogen and oxygen atoms in total. The Labute approximate surface area is 131 Å². The minimum absolute atomic E-state index is 0.0696. The number of halogens is 1. The number of hydrogen-bond donors (Lipinski definition) is 2. The summed E-state index contributed by atoms with van der Waals surface area (Å²) >= 11 is 0. The highest BCUT2D eigenvalue weighted by atomic mass is 19.1. The number of carbonyl (C=O) groups is 1. The zero-order valence-corrected chi connectivity index (χ0v) is 11.9. The summed E-state index contributed by atoms with van der Waals surface area (Å²) in [6, 6.07) is 11.6. The van der Waals surface area contributed by atoms with Gasteiger partial charge < -0.3 is 5.32 Å². The molecule has 2 N–H and O–H groups in total. The number of nitro benzene ring substituents is 1. The molecule has 2 aromatic carbocycles. The second kappa shape index (κ2) is 7.64. The third-order valence-electron chi connectivity index (χ3n) is 2.82. The number of rotatable bonds is 6. The molecule has 0 fully saturated rings. The Morgan fingerprint density at radius 1 is 1.22 bits per heavy atom. The van der Waals surface area contributed by atoms with Crippen molar-refractivity contribution in [2.75, 3.05) is 11.9 Å². The molecule has 0 atom stereocenters. The second-order valence-corrected chi connectivity index (χ2v) is 4.47. The first-order chi connectivity index (χ1) is 11.1. The van der Waals surface area contributed by atoms with E-state index in [1.165, 1.54) is 42.6 Å². The van der Waals surface area contributed by atoms with Crippen LogP contribution in [0.3, 0.4) is 0 Å². The van der Waals surface area contributed by atoms with Crippen molar-refractivity contribution in [2.24, 2.45) is 5.10 Å². The van der Waals surface area contributed by atoms with Crippen LogP contribution in [0.5, 0.6) is 0 Å². The van der Waals surface area contributed by atoms with Gasteiger partial charge in [-0.3, -0.25) is 14.9 Å². The van der Waals surface area contributed by atoms with Crippen molar-refractivity contribution in [3.05, 3.63) is 70.0 Å². The molecule has 23 heavy (non-hydrogen) atoms. The number of nitro groups is 1. The maximum Gasteiger partial charge on any atom is 0.278 e. The molecule has 0 heterocycles. The first kappa shape index (κ1) is 16.1. The van der Waals surface area contributed by atoms with Crippen molar-refractivity contribution in [2.45, 2.75) is 0 Å². The van der Waals surface area contributed by atoms with Crippen LogP contribution >= 0.6 is 0 Å². The van der Waals surface area contributed by atoms with Crippen LogP contribution in [0, 0.1) is 15.9 Å². The molecule has 0 saturated carbocycles. The van der Waals surface area contributed by atoms with Crippen LogP contribution in [0.2, 0.25) is 0 Å². The Morgan fingerprint density at radius 3 is 2.61 bits per heavy atom. The maximum atomic E-state index is 12.7. The first-order valence-corrected chi connectivity index (χ1v) is 6.61. The Kier molecular flexibility index (Phi) is 5.35. The molecule has 0 aromatic heterocycles. The van der Waals surface area contributed by atoms with Gasteiger partial charge in [0.15, 0.2) is 0 Å². The van der Waals surface area contributed by atoms with Crippen LogP contribution < -0.4 is 10.7 Å². The standard InChI is InChI=1S/C15H13FN4O3/c16-12-5-7-13(8-6-12)17-10-15(21)19-18-9-11-3-1-2-4-14(11)20(22)23/h1-9,17H,10H2,(H,19,21)/b18-9-. The van der Waals surface area contributed by atoms with E-state index >= 15 is 0 Å².